The normalized spacial score (nSPS) is 11.0. The van der Waals surface area contributed by atoms with Crippen molar-refractivity contribution < 1.29 is 32.6 Å². The molecule has 0 aliphatic carbocycles. The van der Waals surface area contributed by atoms with Crippen LogP contribution in [-0.2, 0) is 23.1 Å². The van der Waals surface area contributed by atoms with Crippen LogP contribution in [0.5, 0.6) is 17.4 Å². The lowest BCUT2D eigenvalue weighted by Crippen LogP contribution is -2.24. The first-order valence-corrected chi connectivity index (χ1v) is 10.7. The van der Waals surface area contributed by atoms with Crippen molar-refractivity contribution in [3.8, 4) is 17.4 Å². The van der Waals surface area contributed by atoms with Gasteiger partial charge in [0.15, 0.2) is 6.10 Å². The molecule has 1 aromatic carbocycles. The van der Waals surface area contributed by atoms with E-state index in [0.29, 0.717) is 34.8 Å². The van der Waals surface area contributed by atoms with Gasteiger partial charge in [0.25, 0.3) is 0 Å². The predicted molar refractivity (Wildman–Crippen MR) is 114 cm³/mol. The number of pyridine rings is 1. The average molecular weight is 479 g/mol. The number of ether oxygens (including phenoxy) is 3. The van der Waals surface area contributed by atoms with E-state index < -0.39 is 20.3 Å². The van der Waals surface area contributed by atoms with Crippen molar-refractivity contribution >= 4 is 37.4 Å². The first kappa shape index (κ1) is 26.1. The van der Waals surface area contributed by atoms with Crippen LogP contribution in [0.3, 0.4) is 0 Å². The zero-order valence-corrected chi connectivity index (χ0v) is 19.4. The third kappa shape index (κ3) is 9.69. The van der Waals surface area contributed by atoms with Gasteiger partial charge in [0.05, 0.1) is 12.1 Å². The van der Waals surface area contributed by atoms with E-state index in [2.05, 4.69) is 18.8 Å². The summed E-state index contributed by atoms with van der Waals surface area (Å²) < 4.78 is 35.0. The van der Waals surface area contributed by atoms with Crippen molar-refractivity contribution in [3.63, 3.8) is 0 Å². The van der Waals surface area contributed by atoms with Crippen molar-refractivity contribution in [2.45, 2.75) is 26.9 Å². The predicted octanol–water partition coefficient (Wildman–Crippen LogP) is 5.84. The molecule has 0 fully saturated rings. The Morgan fingerprint density at radius 1 is 1.10 bits per heavy atom. The Labute approximate surface area is 186 Å². The molecular weight excluding hydrogens is 456 g/mol. The fraction of sp³-hybridized carbons (Fsp3) is 0.368. The summed E-state index contributed by atoms with van der Waals surface area (Å²) in [5.74, 6) is 0.843. The molecule has 8 nitrogen and oxygen atoms in total. The van der Waals surface area contributed by atoms with E-state index in [1.807, 2.05) is 0 Å². The smallest absolute Gasteiger partial charge is 0.479 e. The Morgan fingerprint density at radius 2 is 1.67 bits per heavy atom. The van der Waals surface area contributed by atoms with Gasteiger partial charge in [-0.25, -0.2) is 9.78 Å². The quantitative estimate of drug-likeness (QED) is 0.327. The van der Waals surface area contributed by atoms with E-state index in [0.717, 1.165) is 0 Å². The van der Waals surface area contributed by atoms with Crippen LogP contribution in [0.25, 0.3) is 0 Å². The van der Waals surface area contributed by atoms with Crippen LogP contribution >= 0.6 is 31.5 Å². The van der Waals surface area contributed by atoms with Crippen LogP contribution in [0, 0.1) is 0 Å². The highest BCUT2D eigenvalue weighted by atomic mass is 35.5. The number of methoxy groups -OCH3 is 1. The number of hydrogen-bond donors (Lipinski definition) is 0. The maximum absolute atomic E-state index is 11.3. The monoisotopic (exact) mass is 478 g/mol. The average Bonchev–Trinajstić information content (AvgIpc) is 2.71. The largest absolute Gasteiger partial charge is 0.697 e. The van der Waals surface area contributed by atoms with Crippen molar-refractivity contribution in [2.24, 2.45) is 0 Å². The molecule has 0 aliphatic rings. The van der Waals surface area contributed by atoms with Crippen LogP contribution in [-0.4, -0.2) is 37.4 Å². The van der Waals surface area contributed by atoms with Crippen molar-refractivity contribution in [1.82, 2.24) is 4.98 Å². The molecule has 2 rings (SSSR count). The van der Waals surface area contributed by atoms with Gasteiger partial charge >= 0.3 is 14.2 Å². The molecule has 0 amide bonds. The number of halogens is 2. The molecule has 164 valence electrons. The standard InChI is InChI=1S/C15H13Cl2NO4.C4H10O3P/c1-9(15(19)20-2)21-11-3-5-12(6-4-11)22-14-13(17)7-10(16)8-18-14;1-3-6-8(5)7-4-2/h3-9H,1-2H3;3-4H2,1-2H3/q;+1/t9-;/m1./s1. The van der Waals surface area contributed by atoms with E-state index >= 15 is 0 Å². The van der Waals surface area contributed by atoms with Gasteiger partial charge in [-0.15, -0.1) is 9.05 Å². The molecule has 0 spiro atoms. The number of aromatic nitrogens is 1. The first-order chi connectivity index (χ1) is 14.3. The van der Waals surface area contributed by atoms with Crippen molar-refractivity contribution in [2.75, 3.05) is 20.3 Å². The zero-order valence-electron chi connectivity index (χ0n) is 17.0. The SMILES string of the molecule is CCO[P+](=O)OCC.COC(=O)[C@@H](C)Oc1ccc(Oc2ncc(Cl)cc2Cl)cc1. The lowest BCUT2D eigenvalue weighted by atomic mass is 10.3. The summed E-state index contributed by atoms with van der Waals surface area (Å²) in [6.45, 7) is 6.02. The maximum Gasteiger partial charge on any atom is 0.697 e. The number of hydrogen-bond acceptors (Lipinski definition) is 8. The fourth-order valence-corrected chi connectivity index (χ4v) is 2.76. The van der Waals surface area contributed by atoms with Crippen LogP contribution in [0.2, 0.25) is 10.0 Å². The van der Waals surface area contributed by atoms with E-state index in [9.17, 15) is 9.36 Å². The van der Waals surface area contributed by atoms with Gasteiger partial charge in [0.1, 0.15) is 29.7 Å². The minimum absolute atomic E-state index is 0.252. The number of carbonyl (C=O) groups excluding carboxylic acids is 1. The Bertz CT molecular complexity index is 813. The lowest BCUT2D eigenvalue weighted by Gasteiger charge is -2.13. The molecule has 0 bridgehead atoms. The van der Waals surface area contributed by atoms with Crippen LogP contribution in [0.4, 0.5) is 0 Å². The molecule has 0 N–H and O–H groups in total. The molecule has 0 unspecified atom stereocenters. The lowest BCUT2D eigenvalue weighted by molar-refractivity contribution is -0.147. The van der Waals surface area contributed by atoms with Gasteiger partial charge in [-0.2, -0.15) is 0 Å². The van der Waals surface area contributed by atoms with Gasteiger partial charge in [-0.05, 0) is 51.1 Å². The fourth-order valence-electron chi connectivity index (χ4n) is 1.84. The van der Waals surface area contributed by atoms with E-state index in [1.54, 1.807) is 51.1 Å². The molecule has 30 heavy (non-hydrogen) atoms. The van der Waals surface area contributed by atoms with Gasteiger partial charge < -0.3 is 14.2 Å². The molecule has 2 aromatic rings. The first-order valence-electron chi connectivity index (χ1n) is 8.87. The highest BCUT2D eigenvalue weighted by molar-refractivity contribution is 7.33. The van der Waals surface area contributed by atoms with Crippen LogP contribution in [0.15, 0.2) is 36.5 Å². The van der Waals surface area contributed by atoms with Gasteiger partial charge in [0, 0.05) is 10.8 Å². The van der Waals surface area contributed by atoms with Crippen molar-refractivity contribution in [1.29, 1.82) is 0 Å². The highest BCUT2D eigenvalue weighted by Gasteiger charge is 2.16. The minimum Gasteiger partial charge on any atom is -0.479 e. The molecule has 1 heterocycles. The highest BCUT2D eigenvalue weighted by Crippen LogP contribution is 2.30. The van der Waals surface area contributed by atoms with Gasteiger partial charge in [0.2, 0.25) is 5.88 Å². The van der Waals surface area contributed by atoms with E-state index in [-0.39, 0.29) is 5.88 Å². The molecule has 0 saturated heterocycles. The summed E-state index contributed by atoms with van der Waals surface area (Å²) in [7, 11) is -0.523. The van der Waals surface area contributed by atoms with Crippen molar-refractivity contribution in [3.05, 3.63) is 46.6 Å². The topological polar surface area (TPSA) is 93.2 Å². The molecular formula is C19H23Cl2NO7P+. The Hall–Kier alpha value is -1.96. The molecule has 1 atom stereocenters. The van der Waals surface area contributed by atoms with Crippen LogP contribution in [0.1, 0.15) is 20.8 Å². The van der Waals surface area contributed by atoms with E-state index in [1.165, 1.54) is 13.3 Å². The molecule has 0 aliphatic heterocycles. The Kier molecular flexibility index (Phi) is 12.3. The minimum atomic E-state index is -1.83. The van der Waals surface area contributed by atoms with Gasteiger partial charge in [-0.1, -0.05) is 23.2 Å². The maximum atomic E-state index is 11.3. The number of esters is 1. The summed E-state index contributed by atoms with van der Waals surface area (Å²) in [4.78, 5) is 15.3. The summed E-state index contributed by atoms with van der Waals surface area (Å²) in [6.07, 6.45) is 0.752. The zero-order chi connectivity index (χ0) is 22.5. The molecule has 11 heteroatoms. The van der Waals surface area contributed by atoms with Crippen LogP contribution < -0.4 is 9.47 Å². The molecule has 1 aromatic heterocycles. The summed E-state index contributed by atoms with van der Waals surface area (Å²) in [5.41, 5.74) is 0. The number of nitrogens with zero attached hydrogens (tertiary/aromatic N) is 1. The summed E-state index contributed by atoms with van der Waals surface area (Å²) >= 11 is 11.8. The number of benzene rings is 1. The summed E-state index contributed by atoms with van der Waals surface area (Å²) in [6, 6.07) is 8.22. The second-order valence-corrected chi connectivity index (χ2v) is 7.16. The number of carbonyl (C=O) groups is 1. The summed E-state index contributed by atoms with van der Waals surface area (Å²) in [5, 5.41) is 0.741. The Morgan fingerprint density at radius 3 is 2.17 bits per heavy atom. The third-order valence-electron chi connectivity index (χ3n) is 3.13. The molecule has 0 saturated carbocycles. The molecule has 0 radical (unpaired) electrons. The van der Waals surface area contributed by atoms with E-state index in [4.69, 9.17) is 32.7 Å². The second kappa shape index (κ2) is 14.1. The number of rotatable bonds is 9. The Balaban J connectivity index is 0.000000479. The third-order valence-corrected chi connectivity index (χ3v) is 4.54. The van der Waals surface area contributed by atoms with Gasteiger partial charge in [-0.3, -0.25) is 0 Å². The second-order valence-electron chi connectivity index (χ2n) is 5.36.